The van der Waals surface area contributed by atoms with Gasteiger partial charge in [-0.05, 0) is 37.0 Å². The molecule has 0 aliphatic carbocycles. The van der Waals surface area contributed by atoms with E-state index in [9.17, 15) is 4.79 Å². The zero-order chi connectivity index (χ0) is 16.1. The number of hydrogen-bond donors (Lipinski definition) is 0. The van der Waals surface area contributed by atoms with Crippen molar-refractivity contribution in [1.82, 2.24) is 9.80 Å². The molecule has 3 rings (SSSR count). The number of carbonyl (C=O) groups is 1. The van der Waals surface area contributed by atoms with Gasteiger partial charge in [0, 0.05) is 43.2 Å². The lowest BCUT2D eigenvalue weighted by Gasteiger charge is -2.34. The molecule has 2 heterocycles. The van der Waals surface area contributed by atoms with E-state index in [0.29, 0.717) is 0 Å². The zero-order valence-electron chi connectivity index (χ0n) is 13.7. The highest BCUT2D eigenvalue weighted by Crippen LogP contribution is 2.21. The molecule has 2 aliphatic rings. The van der Waals surface area contributed by atoms with Gasteiger partial charge in [-0.2, -0.15) is 11.8 Å². The van der Waals surface area contributed by atoms with Crippen LogP contribution in [0.1, 0.15) is 35.2 Å². The van der Waals surface area contributed by atoms with E-state index in [2.05, 4.69) is 23.6 Å². The molecule has 0 saturated carbocycles. The number of hydrogen-bond acceptors (Lipinski definition) is 3. The SMILES string of the molecule is C=C[C@@H]1CCCCN1C(=O)c1ccc(CN2CCSCC2)cc1. The molecule has 0 radical (unpaired) electrons. The van der Waals surface area contributed by atoms with Crippen molar-refractivity contribution in [3.05, 3.63) is 48.0 Å². The number of nitrogens with zero attached hydrogens (tertiary/aromatic N) is 2. The maximum absolute atomic E-state index is 12.7. The van der Waals surface area contributed by atoms with Crippen molar-refractivity contribution in [2.75, 3.05) is 31.1 Å². The first kappa shape index (κ1) is 16.6. The minimum absolute atomic E-state index is 0.149. The summed E-state index contributed by atoms with van der Waals surface area (Å²) in [7, 11) is 0. The Morgan fingerprint density at radius 3 is 2.61 bits per heavy atom. The molecule has 4 heteroatoms. The average molecular weight is 330 g/mol. The van der Waals surface area contributed by atoms with Crippen LogP contribution in [-0.4, -0.2) is 52.9 Å². The third-order valence-electron chi connectivity index (χ3n) is 4.79. The number of likely N-dealkylation sites (tertiary alicyclic amines) is 1. The molecular formula is C19H26N2OS. The normalized spacial score (nSPS) is 22.8. The van der Waals surface area contributed by atoms with Gasteiger partial charge in [-0.25, -0.2) is 0 Å². The zero-order valence-corrected chi connectivity index (χ0v) is 14.6. The molecule has 3 nitrogen and oxygen atoms in total. The quantitative estimate of drug-likeness (QED) is 0.791. The molecule has 0 spiro atoms. The Morgan fingerprint density at radius 2 is 1.91 bits per heavy atom. The van der Waals surface area contributed by atoms with Crippen LogP contribution in [0.3, 0.4) is 0 Å². The van der Waals surface area contributed by atoms with Gasteiger partial charge in [0.1, 0.15) is 0 Å². The molecule has 1 aromatic rings. The number of carbonyl (C=O) groups excluding carboxylic acids is 1. The summed E-state index contributed by atoms with van der Waals surface area (Å²) in [6, 6.07) is 8.40. The molecule has 1 amide bonds. The monoisotopic (exact) mass is 330 g/mol. The molecule has 0 aromatic heterocycles. The molecule has 2 saturated heterocycles. The molecule has 124 valence electrons. The summed E-state index contributed by atoms with van der Waals surface area (Å²) in [6.45, 7) is 8.07. The van der Waals surface area contributed by atoms with E-state index >= 15 is 0 Å². The van der Waals surface area contributed by atoms with Crippen molar-refractivity contribution < 1.29 is 4.79 Å². The Labute approximate surface area is 143 Å². The predicted molar refractivity (Wildman–Crippen MR) is 97.9 cm³/mol. The van der Waals surface area contributed by atoms with Crippen molar-refractivity contribution in [2.45, 2.75) is 31.8 Å². The Kier molecular flexibility index (Phi) is 5.79. The highest BCUT2D eigenvalue weighted by atomic mass is 32.2. The van der Waals surface area contributed by atoms with Gasteiger partial charge in [0.15, 0.2) is 0 Å². The molecule has 1 atom stereocenters. The first-order valence-corrected chi connectivity index (χ1v) is 9.76. The molecule has 0 bridgehead atoms. The van der Waals surface area contributed by atoms with Crippen LogP contribution in [0, 0.1) is 0 Å². The van der Waals surface area contributed by atoms with Crippen LogP contribution in [0.15, 0.2) is 36.9 Å². The summed E-state index contributed by atoms with van der Waals surface area (Å²) in [5, 5.41) is 0. The van der Waals surface area contributed by atoms with Crippen molar-refractivity contribution in [3.8, 4) is 0 Å². The van der Waals surface area contributed by atoms with Gasteiger partial charge < -0.3 is 4.90 Å². The number of amides is 1. The van der Waals surface area contributed by atoms with Crippen LogP contribution >= 0.6 is 11.8 Å². The molecule has 23 heavy (non-hydrogen) atoms. The molecule has 2 aliphatic heterocycles. The predicted octanol–water partition coefficient (Wildman–Crippen LogP) is 3.42. The number of benzene rings is 1. The van der Waals surface area contributed by atoms with Crippen molar-refractivity contribution in [1.29, 1.82) is 0 Å². The van der Waals surface area contributed by atoms with Gasteiger partial charge in [0.2, 0.25) is 0 Å². The van der Waals surface area contributed by atoms with Gasteiger partial charge in [0.25, 0.3) is 5.91 Å². The first-order valence-electron chi connectivity index (χ1n) is 8.60. The van der Waals surface area contributed by atoms with E-state index in [4.69, 9.17) is 0 Å². The van der Waals surface area contributed by atoms with Gasteiger partial charge in [-0.15, -0.1) is 6.58 Å². The summed E-state index contributed by atoms with van der Waals surface area (Å²) in [5.74, 6) is 2.61. The number of piperidine rings is 1. The Morgan fingerprint density at radius 1 is 1.17 bits per heavy atom. The van der Waals surface area contributed by atoms with Crippen molar-refractivity contribution >= 4 is 17.7 Å². The number of thioether (sulfide) groups is 1. The third-order valence-corrected chi connectivity index (χ3v) is 5.74. The minimum Gasteiger partial charge on any atom is -0.332 e. The molecule has 2 fully saturated rings. The first-order chi connectivity index (χ1) is 11.3. The van der Waals surface area contributed by atoms with Gasteiger partial charge >= 0.3 is 0 Å². The van der Waals surface area contributed by atoms with Crippen LogP contribution in [-0.2, 0) is 6.54 Å². The molecule has 0 N–H and O–H groups in total. The topological polar surface area (TPSA) is 23.6 Å². The van der Waals surface area contributed by atoms with E-state index in [-0.39, 0.29) is 11.9 Å². The van der Waals surface area contributed by atoms with E-state index in [1.54, 1.807) is 0 Å². The fourth-order valence-electron chi connectivity index (χ4n) is 3.39. The molecular weight excluding hydrogens is 304 g/mol. The lowest BCUT2D eigenvalue weighted by Crippen LogP contribution is -2.42. The van der Waals surface area contributed by atoms with Crippen LogP contribution in [0.2, 0.25) is 0 Å². The maximum Gasteiger partial charge on any atom is 0.254 e. The second-order valence-corrected chi connectivity index (χ2v) is 7.61. The van der Waals surface area contributed by atoms with Crippen molar-refractivity contribution in [3.63, 3.8) is 0 Å². The second-order valence-electron chi connectivity index (χ2n) is 6.38. The highest BCUT2D eigenvalue weighted by molar-refractivity contribution is 7.99. The van der Waals surface area contributed by atoms with Crippen LogP contribution < -0.4 is 0 Å². The Hall–Kier alpha value is -1.26. The fraction of sp³-hybridized carbons (Fsp3) is 0.526. The smallest absolute Gasteiger partial charge is 0.254 e. The summed E-state index contributed by atoms with van der Waals surface area (Å²) < 4.78 is 0. The van der Waals surface area contributed by atoms with Gasteiger partial charge in [-0.1, -0.05) is 18.2 Å². The van der Waals surface area contributed by atoms with E-state index < -0.39 is 0 Å². The second kappa shape index (κ2) is 8.02. The van der Waals surface area contributed by atoms with Crippen molar-refractivity contribution in [2.24, 2.45) is 0 Å². The number of rotatable bonds is 4. The summed E-state index contributed by atoms with van der Waals surface area (Å²) >= 11 is 2.03. The van der Waals surface area contributed by atoms with Crippen LogP contribution in [0.5, 0.6) is 0 Å². The van der Waals surface area contributed by atoms with E-state index in [1.807, 2.05) is 34.9 Å². The minimum atomic E-state index is 0.149. The van der Waals surface area contributed by atoms with E-state index in [1.165, 1.54) is 36.6 Å². The van der Waals surface area contributed by atoms with Gasteiger partial charge in [0.05, 0.1) is 6.04 Å². The summed E-state index contributed by atoms with van der Waals surface area (Å²) in [4.78, 5) is 17.2. The summed E-state index contributed by atoms with van der Waals surface area (Å²) in [5.41, 5.74) is 2.10. The lowest BCUT2D eigenvalue weighted by atomic mass is 10.0. The summed E-state index contributed by atoms with van der Waals surface area (Å²) in [6.07, 6.45) is 5.24. The van der Waals surface area contributed by atoms with Crippen LogP contribution in [0.4, 0.5) is 0 Å². The molecule has 0 unspecified atom stereocenters. The maximum atomic E-state index is 12.7. The van der Waals surface area contributed by atoms with Gasteiger partial charge in [-0.3, -0.25) is 9.69 Å². The fourth-order valence-corrected chi connectivity index (χ4v) is 4.37. The third kappa shape index (κ3) is 4.18. The Balaban J connectivity index is 1.63. The van der Waals surface area contributed by atoms with Crippen LogP contribution in [0.25, 0.3) is 0 Å². The van der Waals surface area contributed by atoms with E-state index in [0.717, 1.165) is 31.5 Å². The average Bonchev–Trinajstić information content (AvgIpc) is 2.62. The highest BCUT2D eigenvalue weighted by Gasteiger charge is 2.25. The standard InChI is InChI=1S/C19H26N2OS/c1-2-18-5-3-4-10-21(18)19(22)17-8-6-16(7-9-17)15-20-11-13-23-14-12-20/h2,6-9,18H,1,3-5,10-15H2/t18-/m1/s1. The molecule has 1 aromatic carbocycles. The largest absolute Gasteiger partial charge is 0.332 e. The Bertz CT molecular complexity index is 537. The lowest BCUT2D eigenvalue weighted by molar-refractivity contribution is 0.0664.